The predicted molar refractivity (Wildman–Crippen MR) is 101 cm³/mol. The molecule has 2 N–H and O–H groups in total. The lowest BCUT2D eigenvalue weighted by Crippen LogP contribution is -2.48. The fourth-order valence-corrected chi connectivity index (χ4v) is 2.14. The smallest absolute Gasteiger partial charge is 0.279 e. The monoisotopic (exact) mass is 387 g/mol. The normalized spacial score (nSPS) is 11.2. The average molecular weight is 387 g/mol. The molecule has 0 aliphatic rings. The van der Waals surface area contributed by atoms with Crippen molar-refractivity contribution in [3.05, 3.63) is 64.2 Å². The lowest BCUT2D eigenvalue weighted by atomic mass is 10.2. The Morgan fingerprint density at radius 1 is 1.04 bits per heavy atom. The van der Waals surface area contributed by atoms with Crippen LogP contribution in [0.3, 0.4) is 0 Å². The third-order valence-corrected chi connectivity index (χ3v) is 3.76. The van der Waals surface area contributed by atoms with Crippen LogP contribution in [0.25, 0.3) is 0 Å². The molecular formula is C19H21N3O6. The predicted octanol–water partition coefficient (Wildman–Crippen LogP) is 2.15. The van der Waals surface area contributed by atoms with Crippen LogP contribution in [0.4, 0.5) is 5.69 Å². The number of aryl methyl sites for hydroxylation is 1. The number of hydrogen-bond donors (Lipinski definition) is 2. The zero-order chi connectivity index (χ0) is 20.5. The molecule has 148 valence electrons. The molecule has 0 aliphatic carbocycles. The molecule has 0 radical (unpaired) electrons. The number of carbonyl (C=O) groups is 2. The van der Waals surface area contributed by atoms with Crippen LogP contribution in [0, 0.1) is 10.1 Å². The maximum absolute atomic E-state index is 12.0. The molecule has 2 aromatic carbocycles. The highest BCUT2D eigenvalue weighted by Crippen LogP contribution is 2.17. The molecule has 0 saturated heterocycles. The topological polar surface area (TPSA) is 120 Å². The molecule has 0 aromatic heterocycles. The summed E-state index contributed by atoms with van der Waals surface area (Å²) in [6.07, 6.45) is 0.0907. The Morgan fingerprint density at radius 3 is 2.21 bits per heavy atom. The van der Waals surface area contributed by atoms with Gasteiger partial charge in [0, 0.05) is 12.1 Å². The van der Waals surface area contributed by atoms with Gasteiger partial charge in [-0.25, -0.2) is 0 Å². The number of hydrazine groups is 1. The van der Waals surface area contributed by atoms with Crippen LogP contribution in [-0.2, 0) is 16.0 Å². The van der Waals surface area contributed by atoms with E-state index in [-0.39, 0.29) is 12.3 Å². The number of benzene rings is 2. The molecule has 0 bridgehead atoms. The van der Waals surface area contributed by atoms with Crippen molar-refractivity contribution in [2.45, 2.75) is 26.4 Å². The fraction of sp³-hybridized carbons (Fsp3) is 0.263. The van der Waals surface area contributed by atoms with E-state index in [1.54, 1.807) is 19.1 Å². The third-order valence-electron chi connectivity index (χ3n) is 3.76. The molecule has 1 unspecified atom stereocenters. The van der Waals surface area contributed by atoms with Gasteiger partial charge in [0.2, 0.25) is 0 Å². The van der Waals surface area contributed by atoms with E-state index >= 15 is 0 Å². The van der Waals surface area contributed by atoms with E-state index in [2.05, 4.69) is 10.9 Å². The number of amides is 2. The molecule has 0 heterocycles. The molecule has 0 aliphatic heterocycles. The standard InChI is InChI=1S/C19H21N3O6/c1-3-14-4-8-17(9-5-14)28-13(2)19(24)21-20-18(23)12-27-16-10-6-15(7-11-16)22(25)26/h4-11,13H,3,12H2,1-2H3,(H,20,23)(H,21,24). The van der Waals surface area contributed by atoms with Crippen molar-refractivity contribution in [1.82, 2.24) is 10.9 Å². The zero-order valence-electron chi connectivity index (χ0n) is 15.5. The first-order valence-electron chi connectivity index (χ1n) is 8.60. The number of carbonyl (C=O) groups excluding carboxylic acids is 2. The SMILES string of the molecule is CCc1ccc(OC(C)C(=O)NNC(=O)COc2ccc([N+](=O)[O-])cc2)cc1. The van der Waals surface area contributed by atoms with Crippen molar-refractivity contribution in [3.63, 3.8) is 0 Å². The summed E-state index contributed by atoms with van der Waals surface area (Å²) in [6.45, 7) is 3.23. The number of non-ortho nitro benzene ring substituents is 1. The lowest BCUT2D eigenvalue weighted by molar-refractivity contribution is -0.384. The summed E-state index contributed by atoms with van der Waals surface area (Å²) in [7, 11) is 0. The van der Waals surface area contributed by atoms with Crippen molar-refractivity contribution in [1.29, 1.82) is 0 Å². The highest BCUT2D eigenvalue weighted by atomic mass is 16.6. The molecule has 0 fully saturated rings. The van der Waals surface area contributed by atoms with Gasteiger partial charge in [0.15, 0.2) is 12.7 Å². The van der Waals surface area contributed by atoms with Gasteiger partial charge < -0.3 is 9.47 Å². The summed E-state index contributed by atoms with van der Waals surface area (Å²) in [5.41, 5.74) is 5.54. The minimum Gasteiger partial charge on any atom is -0.484 e. The lowest BCUT2D eigenvalue weighted by Gasteiger charge is -2.15. The molecule has 1 atom stereocenters. The van der Waals surface area contributed by atoms with Gasteiger partial charge in [0.25, 0.3) is 17.5 Å². The van der Waals surface area contributed by atoms with Gasteiger partial charge in [0.05, 0.1) is 4.92 Å². The molecule has 9 heteroatoms. The van der Waals surface area contributed by atoms with Crippen LogP contribution in [-0.4, -0.2) is 29.4 Å². The van der Waals surface area contributed by atoms with Gasteiger partial charge in [-0.2, -0.15) is 0 Å². The van der Waals surface area contributed by atoms with Crippen molar-refractivity contribution >= 4 is 17.5 Å². The average Bonchev–Trinajstić information content (AvgIpc) is 2.71. The number of nitro groups is 1. The number of ether oxygens (including phenoxy) is 2. The van der Waals surface area contributed by atoms with E-state index in [4.69, 9.17) is 9.47 Å². The number of rotatable bonds is 8. The van der Waals surface area contributed by atoms with Gasteiger partial charge in [-0.15, -0.1) is 0 Å². The Hall–Kier alpha value is -3.62. The second-order valence-corrected chi connectivity index (χ2v) is 5.83. The van der Waals surface area contributed by atoms with Gasteiger partial charge in [-0.3, -0.25) is 30.6 Å². The summed E-state index contributed by atoms with van der Waals surface area (Å²) < 4.78 is 10.7. The molecule has 2 aromatic rings. The summed E-state index contributed by atoms with van der Waals surface area (Å²) in [5.74, 6) is -0.276. The number of hydrogen-bond acceptors (Lipinski definition) is 6. The van der Waals surface area contributed by atoms with Crippen LogP contribution >= 0.6 is 0 Å². The Labute approximate surface area is 161 Å². The van der Waals surface area contributed by atoms with Crippen LogP contribution in [0.15, 0.2) is 48.5 Å². The highest BCUT2D eigenvalue weighted by Gasteiger charge is 2.15. The molecule has 0 spiro atoms. The minimum absolute atomic E-state index is 0.0811. The largest absolute Gasteiger partial charge is 0.484 e. The van der Waals surface area contributed by atoms with Gasteiger partial charge in [-0.1, -0.05) is 19.1 Å². The maximum atomic E-state index is 12.0. The Balaban J connectivity index is 1.73. The number of nitrogens with zero attached hydrogens (tertiary/aromatic N) is 1. The molecule has 28 heavy (non-hydrogen) atoms. The highest BCUT2D eigenvalue weighted by molar-refractivity contribution is 5.85. The molecular weight excluding hydrogens is 366 g/mol. The summed E-state index contributed by atoms with van der Waals surface area (Å²) in [4.78, 5) is 33.8. The second-order valence-electron chi connectivity index (χ2n) is 5.83. The molecule has 2 amide bonds. The van der Waals surface area contributed by atoms with E-state index in [9.17, 15) is 19.7 Å². The fourth-order valence-electron chi connectivity index (χ4n) is 2.14. The van der Waals surface area contributed by atoms with E-state index in [1.165, 1.54) is 24.3 Å². The molecule has 9 nitrogen and oxygen atoms in total. The van der Waals surface area contributed by atoms with Gasteiger partial charge in [-0.05, 0) is 43.2 Å². The number of nitro benzene ring substituents is 1. The first-order valence-corrected chi connectivity index (χ1v) is 8.60. The van der Waals surface area contributed by atoms with Crippen LogP contribution in [0.1, 0.15) is 19.4 Å². The zero-order valence-corrected chi connectivity index (χ0v) is 15.5. The van der Waals surface area contributed by atoms with Crippen molar-refractivity contribution in [3.8, 4) is 11.5 Å². The van der Waals surface area contributed by atoms with Crippen molar-refractivity contribution < 1.29 is 24.0 Å². The Kier molecular flexibility index (Phi) is 7.32. The Morgan fingerprint density at radius 2 is 1.64 bits per heavy atom. The van der Waals surface area contributed by atoms with Gasteiger partial charge in [0.1, 0.15) is 11.5 Å². The van der Waals surface area contributed by atoms with Gasteiger partial charge >= 0.3 is 0 Å². The first-order chi connectivity index (χ1) is 13.4. The van der Waals surface area contributed by atoms with E-state index < -0.39 is 22.8 Å². The van der Waals surface area contributed by atoms with E-state index in [1.807, 2.05) is 19.1 Å². The molecule has 0 saturated carbocycles. The Bertz CT molecular complexity index is 821. The van der Waals surface area contributed by atoms with Crippen LogP contribution < -0.4 is 20.3 Å². The van der Waals surface area contributed by atoms with Crippen molar-refractivity contribution in [2.75, 3.05) is 6.61 Å². The first kappa shape index (κ1) is 20.7. The summed E-state index contributed by atoms with van der Waals surface area (Å²) >= 11 is 0. The van der Waals surface area contributed by atoms with E-state index in [0.29, 0.717) is 11.5 Å². The van der Waals surface area contributed by atoms with Crippen LogP contribution in [0.5, 0.6) is 11.5 Å². The maximum Gasteiger partial charge on any atom is 0.279 e. The second kappa shape index (κ2) is 9.91. The third kappa shape index (κ3) is 6.27. The van der Waals surface area contributed by atoms with E-state index in [0.717, 1.165) is 12.0 Å². The van der Waals surface area contributed by atoms with Crippen molar-refractivity contribution in [2.24, 2.45) is 0 Å². The quantitative estimate of drug-likeness (QED) is 0.529. The summed E-state index contributed by atoms with van der Waals surface area (Å²) in [6, 6.07) is 12.7. The number of nitrogens with one attached hydrogen (secondary N) is 2. The summed E-state index contributed by atoms with van der Waals surface area (Å²) in [5, 5.41) is 10.6. The van der Waals surface area contributed by atoms with Crippen LogP contribution in [0.2, 0.25) is 0 Å². The minimum atomic E-state index is -0.816. The molecule has 2 rings (SSSR count).